The van der Waals surface area contributed by atoms with E-state index in [4.69, 9.17) is 0 Å². The molecule has 0 bridgehead atoms. The number of aliphatic hydroxyl groups is 1. The van der Waals surface area contributed by atoms with Crippen molar-refractivity contribution in [3.63, 3.8) is 0 Å². The molecule has 2 aromatic rings. The van der Waals surface area contributed by atoms with Crippen LogP contribution in [0.5, 0.6) is 0 Å². The lowest BCUT2D eigenvalue weighted by Crippen LogP contribution is -2.29. The Kier molecular flexibility index (Phi) is 3.79. The number of thiophene rings is 1. The second-order valence-corrected chi connectivity index (χ2v) is 5.80. The molecule has 0 aliphatic carbocycles. The summed E-state index contributed by atoms with van der Waals surface area (Å²) < 4.78 is 1.25. The van der Waals surface area contributed by atoms with E-state index < -0.39 is 5.60 Å². The highest BCUT2D eigenvalue weighted by Gasteiger charge is 2.24. The number of rotatable bonds is 5. The fourth-order valence-corrected chi connectivity index (χ4v) is 3.37. The lowest BCUT2D eigenvalue weighted by atomic mass is 9.90. The predicted molar refractivity (Wildman–Crippen MR) is 73.5 cm³/mol. The standard InChI is InChI=1S/C14H19NOS/c1-3-6-14(16,4-2)9-12-8-11-10-15-7-5-13(11)17-12/h5,7-8,10,16H,3-4,6,9H2,1-2H3. The summed E-state index contributed by atoms with van der Waals surface area (Å²) in [7, 11) is 0. The number of aromatic nitrogens is 1. The van der Waals surface area contributed by atoms with E-state index in [2.05, 4.69) is 24.9 Å². The molecule has 17 heavy (non-hydrogen) atoms. The number of pyridine rings is 1. The number of hydrogen-bond donors (Lipinski definition) is 1. The zero-order valence-corrected chi connectivity index (χ0v) is 11.3. The van der Waals surface area contributed by atoms with Crippen molar-refractivity contribution in [3.8, 4) is 0 Å². The van der Waals surface area contributed by atoms with Crippen LogP contribution in [0.2, 0.25) is 0 Å². The first-order valence-corrected chi connectivity index (χ1v) is 7.03. The Hall–Kier alpha value is -0.930. The second kappa shape index (κ2) is 5.15. The largest absolute Gasteiger partial charge is 0.390 e. The maximum Gasteiger partial charge on any atom is 0.0693 e. The molecule has 2 nitrogen and oxygen atoms in total. The highest BCUT2D eigenvalue weighted by atomic mass is 32.1. The van der Waals surface area contributed by atoms with E-state index in [1.807, 2.05) is 18.5 Å². The summed E-state index contributed by atoms with van der Waals surface area (Å²) in [5.41, 5.74) is -0.539. The minimum Gasteiger partial charge on any atom is -0.390 e. The second-order valence-electron chi connectivity index (χ2n) is 4.63. The van der Waals surface area contributed by atoms with Crippen LogP contribution in [-0.2, 0) is 6.42 Å². The quantitative estimate of drug-likeness (QED) is 0.874. The maximum absolute atomic E-state index is 10.5. The van der Waals surface area contributed by atoms with Gasteiger partial charge in [0.05, 0.1) is 5.60 Å². The monoisotopic (exact) mass is 249 g/mol. The number of fused-ring (bicyclic) bond motifs is 1. The van der Waals surface area contributed by atoms with Gasteiger partial charge in [0.25, 0.3) is 0 Å². The molecule has 1 unspecified atom stereocenters. The van der Waals surface area contributed by atoms with Gasteiger partial charge in [-0.25, -0.2) is 0 Å². The van der Waals surface area contributed by atoms with Gasteiger partial charge in [-0.1, -0.05) is 20.3 Å². The van der Waals surface area contributed by atoms with Crippen LogP contribution >= 0.6 is 11.3 Å². The van der Waals surface area contributed by atoms with E-state index in [0.29, 0.717) is 0 Å². The molecule has 1 N–H and O–H groups in total. The van der Waals surface area contributed by atoms with E-state index in [1.54, 1.807) is 11.3 Å². The molecule has 1 atom stereocenters. The SMILES string of the molecule is CCCC(O)(CC)Cc1cc2cnccc2s1. The average Bonchev–Trinajstić information content (AvgIpc) is 2.71. The summed E-state index contributed by atoms with van der Waals surface area (Å²) >= 11 is 1.77. The van der Waals surface area contributed by atoms with Gasteiger partial charge in [-0.05, 0) is 25.0 Å². The molecule has 2 rings (SSSR count). The van der Waals surface area contributed by atoms with Crippen molar-refractivity contribution in [2.24, 2.45) is 0 Å². The van der Waals surface area contributed by atoms with E-state index in [0.717, 1.165) is 25.7 Å². The van der Waals surface area contributed by atoms with Crippen molar-refractivity contribution in [2.45, 2.75) is 45.1 Å². The van der Waals surface area contributed by atoms with Crippen LogP contribution in [0.4, 0.5) is 0 Å². The Morgan fingerprint density at radius 2 is 2.24 bits per heavy atom. The lowest BCUT2D eigenvalue weighted by molar-refractivity contribution is 0.0278. The average molecular weight is 249 g/mol. The highest BCUT2D eigenvalue weighted by Crippen LogP contribution is 2.30. The van der Waals surface area contributed by atoms with Crippen molar-refractivity contribution in [1.82, 2.24) is 4.98 Å². The molecule has 0 saturated heterocycles. The molecule has 2 heterocycles. The first-order valence-electron chi connectivity index (χ1n) is 6.21. The fraction of sp³-hybridized carbons (Fsp3) is 0.500. The van der Waals surface area contributed by atoms with Gasteiger partial charge in [-0.3, -0.25) is 4.98 Å². The molecule has 0 spiro atoms. The van der Waals surface area contributed by atoms with Crippen molar-refractivity contribution in [1.29, 1.82) is 0 Å². The normalized spacial score (nSPS) is 15.0. The lowest BCUT2D eigenvalue weighted by Gasteiger charge is -2.25. The van der Waals surface area contributed by atoms with Crippen LogP contribution < -0.4 is 0 Å². The van der Waals surface area contributed by atoms with Crippen molar-refractivity contribution in [2.75, 3.05) is 0 Å². The zero-order chi connectivity index (χ0) is 12.3. The first-order chi connectivity index (χ1) is 8.17. The van der Waals surface area contributed by atoms with Gasteiger partial charge in [0.2, 0.25) is 0 Å². The predicted octanol–water partition coefficient (Wildman–Crippen LogP) is 3.78. The maximum atomic E-state index is 10.5. The zero-order valence-electron chi connectivity index (χ0n) is 10.4. The molecule has 2 aromatic heterocycles. The molecule has 0 aliphatic rings. The van der Waals surface area contributed by atoms with Crippen LogP contribution in [0.15, 0.2) is 24.5 Å². The third kappa shape index (κ3) is 2.85. The number of nitrogens with zero attached hydrogens (tertiary/aromatic N) is 1. The van der Waals surface area contributed by atoms with E-state index >= 15 is 0 Å². The van der Waals surface area contributed by atoms with Gasteiger partial charge in [-0.2, -0.15) is 0 Å². The molecule has 0 radical (unpaired) electrons. The van der Waals surface area contributed by atoms with Gasteiger partial charge in [0.15, 0.2) is 0 Å². The summed E-state index contributed by atoms with van der Waals surface area (Å²) in [6.45, 7) is 4.18. The Bertz CT molecular complexity index is 461. The topological polar surface area (TPSA) is 33.1 Å². The van der Waals surface area contributed by atoms with Crippen LogP contribution in [0.1, 0.15) is 38.0 Å². The summed E-state index contributed by atoms with van der Waals surface area (Å²) in [5, 5.41) is 11.7. The van der Waals surface area contributed by atoms with Gasteiger partial charge < -0.3 is 5.11 Å². The summed E-state index contributed by atoms with van der Waals surface area (Å²) in [6, 6.07) is 4.19. The first kappa shape index (κ1) is 12.5. The molecule has 92 valence electrons. The minimum atomic E-state index is -0.539. The smallest absolute Gasteiger partial charge is 0.0693 e. The fourth-order valence-electron chi connectivity index (χ4n) is 2.21. The third-order valence-corrected chi connectivity index (χ3v) is 4.36. The van der Waals surface area contributed by atoms with Gasteiger partial charge in [-0.15, -0.1) is 11.3 Å². The Morgan fingerprint density at radius 1 is 1.41 bits per heavy atom. The summed E-state index contributed by atoms with van der Waals surface area (Å²) in [6.07, 6.45) is 7.18. The molecule has 0 amide bonds. The Balaban J connectivity index is 2.22. The Morgan fingerprint density at radius 3 is 2.88 bits per heavy atom. The van der Waals surface area contributed by atoms with Gasteiger partial charge in [0, 0.05) is 33.8 Å². The van der Waals surface area contributed by atoms with E-state index in [9.17, 15) is 5.11 Å². The third-order valence-electron chi connectivity index (χ3n) is 3.24. The minimum absolute atomic E-state index is 0.539. The van der Waals surface area contributed by atoms with E-state index in [1.165, 1.54) is 15.0 Å². The van der Waals surface area contributed by atoms with Crippen LogP contribution in [0.25, 0.3) is 10.1 Å². The molecular weight excluding hydrogens is 230 g/mol. The summed E-state index contributed by atoms with van der Waals surface area (Å²) in [5.74, 6) is 0. The van der Waals surface area contributed by atoms with Crippen molar-refractivity contribution < 1.29 is 5.11 Å². The van der Waals surface area contributed by atoms with Gasteiger partial charge in [0.1, 0.15) is 0 Å². The van der Waals surface area contributed by atoms with Gasteiger partial charge >= 0.3 is 0 Å². The number of hydrogen-bond acceptors (Lipinski definition) is 3. The summed E-state index contributed by atoms with van der Waals surface area (Å²) in [4.78, 5) is 5.38. The molecule has 0 fully saturated rings. The van der Waals surface area contributed by atoms with Crippen molar-refractivity contribution >= 4 is 21.4 Å². The molecular formula is C14H19NOS. The molecule has 0 aromatic carbocycles. The van der Waals surface area contributed by atoms with Crippen molar-refractivity contribution in [3.05, 3.63) is 29.4 Å². The van der Waals surface area contributed by atoms with Crippen LogP contribution in [0, 0.1) is 0 Å². The van der Waals surface area contributed by atoms with Crippen LogP contribution in [0.3, 0.4) is 0 Å². The molecule has 0 saturated carbocycles. The highest BCUT2D eigenvalue weighted by molar-refractivity contribution is 7.19. The molecule has 3 heteroatoms. The Labute approximate surface area is 106 Å². The van der Waals surface area contributed by atoms with E-state index in [-0.39, 0.29) is 0 Å². The molecule has 0 aliphatic heterocycles. The van der Waals surface area contributed by atoms with Crippen LogP contribution in [-0.4, -0.2) is 15.7 Å².